The minimum Gasteiger partial charge on any atom is -0.481 e. The summed E-state index contributed by atoms with van der Waals surface area (Å²) in [6.07, 6.45) is 5.93. The molecule has 2 aromatic heterocycles. The Morgan fingerprint density at radius 1 is 1.42 bits per heavy atom. The molecule has 26 heavy (non-hydrogen) atoms. The van der Waals surface area contributed by atoms with E-state index in [2.05, 4.69) is 15.5 Å². The number of carboxylic acid groups (broad SMARTS) is 1. The summed E-state index contributed by atoms with van der Waals surface area (Å²) < 4.78 is 1.88. The number of nitrogens with one attached hydrogen (secondary N) is 1. The van der Waals surface area contributed by atoms with Crippen LogP contribution < -0.4 is 5.32 Å². The fourth-order valence-electron chi connectivity index (χ4n) is 3.20. The fourth-order valence-corrected chi connectivity index (χ4v) is 3.67. The molecule has 1 fully saturated rings. The Hall–Kier alpha value is -2.29. The quantitative estimate of drug-likeness (QED) is 0.799. The minimum atomic E-state index is -0.843. The molecule has 0 spiro atoms. The van der Waals surface area contributed by atoms with Crippen LogP contribution in [0, 0.1) is 5.92 Å². The molecule has 2 N–H and O–H groups in total. The van der Waals surface area contributed by atoms with Gasteiger partial charge in [-0.3, -0.25) is 9.20 Å². The molecule has 1 aliphatic rings. The van der Waals surface area contributed by atoms with Crippen molar-refractivity contribution in [3.63, 3.8) is 0 Å². The molecule has 2 unspecified atom stereocenters. The normalized spacial score (nSPS) is 18.7. The second-order valence-corrected chi connectivity index (χ2v) is 7.38. The van der Waals surface area contributed by atoms with Crippen molar-refractivity contribution in [3.05, 3.63) is 30.2 Å². The maximum atomic E-state index is 12.7. The SMILES string of the molecule is CSCCC(NC(=O)N1CCCC(C(=O)O)C1)c1nnc2ccccn12. The summed E-state index contributed by atoms with van der Waals surface area (Å²) in [5, 5.41) is 20.7. The van der Waals surface area contributed by atoms with E-state index in [1.54, 1.807) is 16.7 Å². The maximum absolute atomic E-state index is 12.7. The van der Waals surface area contributed by atoms with Crippen molar-refractivity contribution >= 4 is 29.4 Å². The topological polar surface area (TPSA) is 99.8 Å². The molecule has 1 saturated heterocycles. The summed E-state index contributed by atoms with van der Waals surface area (Å²) in [4.78, 5) is 25.6. The van der Waals surface area contributed by atoms with Crippen LogP contribution in [-0.4, -0.2) is 61.7 Å². The number of aliphatic carboxylic acids is 1. The number of hydrogen-bond donors (Lipinski definition) is 2. The van der Waals surface area contributed by atoms with Crippen LogP contribution in [0.4, 0.5) is 4.79 Å². The zero-order valence-electron chi connectivity index (χ0n) is 14.7. The lowest BCUT2D eigenvalue weighted by Gasteiger charge is -2.32. The third kappa shape index (κ3) is 4.09. The first-order valence-corrected chi connectivity index (χ1v) is 10.1. The van der Waals surface area contributed by atoms with Crippen LogP contribution in [0.2, 0.25) is 0 Å². The summed E-state index contributed by atoms with van der Waals surface area (Å²) in [5.41, 5.74) is 0.731. The summed E-state index contributed by atoms with van der Waals surface area (Å²) in [6, 6.07) is 5.14. The van der Waals surface area contributed by atoms with Crippen molar-refractivity contribution < 1.29 is 14.7 Å². The van der Waals surface area contributed by atoms with Crippen LogP contribution in [0.1, 0.15) is 31.1 Å². The summed E-state index contributed by atoms with van der Waals surface area (Å²) in [5.74, 6) is 0.220. The van der Waals surface area contributed by atoms with Gasteiger partial charge in [-0.15, -0.1) is 10.2 Å². The number of piperidine rings is 1. The van der Waals surface area contributed by atoms with Gasteiger partial charge in [-0.05, 0) is 43.4 Å². The summed E-state index contributed by atoms with van der Waals surface area (Å²) in [6.45, 7) is 0.822. The van der Waals surface area contributed by atoms with Gasteiger partial charge in [0.1, 0.15) is 0 Å². The highest BCUT2D eigenvalue weighted by Crippen LogP contribution is 2.21. The minimum absolute atomic E-state index is 0.241. The molecule has 3 heterocycles. The number of likely N-dealkylation sites (tertiary alicyclic amines) is 1. The number of thioether (sulfide) groups is 1. The van der Waals surface area contributed by atoms with E-state index in [0.717, 1.165) is 17.8 Å². The molecule has 8 nitrogen and oxygen atoms in total. The van der Waals surface area contributed by atoms with Gasteiger partial charge < -0.3 is 15.3 Å². The van der Waals surface area contributed by atoms with E-state index in [4.69, 9.17) is 0 Å². The Labute approximate surface area is 156 Å². The molecule has 0 aromatic carbocycles. The van der Waals surface area contributed by atoms with Gasteiger partial charge >= 0.3 is 12.0 Å². The lowest BCUT2D eigenvalue weighted by molar-refractivity contribution is -0.143. The molecule has 0 aliphatic carbocycles. The van der Waals surface area contributed by atoms with E-state index < -0.39 is 11.9 Å². The van der Waals surface area contributed by atoms with Gasteiger partial charge in [0.15, 0.2) is 11.5 Å². The number of urea groups is 1. The standard InChI is InChI=1S/C17H23N5O3S/c1-26-10-7-13(15-20-19-14-6-2-3-9-22(14)15)18-17(25)21-8-4-5-12(11-21)16(23)24/h2-3,6,9,12-13H,4-5,7-8,10-11H2,1H3,(H,18,25)(H,23,24). The number of amides is 2. The van der Waals surface area contributed by atoms with Crippen LogP contribution in [-0.2, 0) is 4.79 Å². The van der Waals surface area contributed by atoms with E-state index in [1.807, 2.05) is 35.1 Å². The highest BCUT2D eigenvalue weighted by Gasteiger charge is 2.30. The lowest BCUT2D eigenvalue weighted by Crippen LogP contribution is -2.48. The van der Waals surface area contributed by atoms with Gasteiger partial charge in [0.25, 0.3) is 0 Å². The van der Waals surface area contributed by atoms with E-state index in [0.29, 0.717) is 25.2 Å². The molecule has 140 valence electrons. The number of carboxylic acids is 1. The Balaban J connectivity index is 1.76. The van der Waals surface area contributed by atoms with Gasteiger partial charge in [-0.1, -0.05) is 6.07 Å². The van der Waals surface area contributed by atoms with Crippen LogP contribution in [0.3, 0.4) is 0 Å². The molecule has 3 rings (SSSR count). The van der Waals surface area contributed by atoms with Crippen molar-refractivity contribution in [3.8, 4) is 0 Å². The molecular weight excluding hydrogens is 354 g/mol. The number of hydrogen-bond acceptors (Lipinski definition) is 5. The van der Waals surface area contributed by atoms with Crippen molar-refractivity contribution in [2.75, 3.05) is 25.1 Å². The Kier molecular flexibility index (Phi) is 5.97. The number of pyridine rings is 1. The second-order valence-electron chi connectivity index (χ2n) is 6.39. The van der Waals surface area contributed by atoms with Gasteiger partial charge in [0, 0.05) is 19.3 Å². The van der Waals surface area contributed by atoms with Gasteiger partial charge in [0.05, 0.1) is 12.0 Å². The van der Waals surface area contributed by atoms with Gasteiger partial charge in [0.2, 0.25) is 0 Å². The zero-order chi connectivity index (χ0) is 18.5. The number of fused-ring (bicyclic) bond motifs is 1. The van der Waals surface area contributed by atoms with Crippen molar-refractivity contribution in [2.45, 2.75) is 25.3 Å². The summed E-state index contributed by atoms with van der Waals surface area (Å²) in [7, 11) is 0. The van der Waals surface area contributed by atoms with Crippen molar-refractivity contribution in [2.24, 2.45) is 5.92 Å². The molecular formula is C17H23N5O3S. The van der Waals surface area contributed by atoms with Crippen molar-refractivity contribution in [1.29, 1.82) is 0 Å². The first-order chi connectivity index (χ1) is 12.6. The van der Waals surface area contributed by atoms with Crippen LogP contribution in [0.5, 0.6) is 0 Å². The molecule has 0 saturated carbocycles. The van der Waals surface area contributed by atoms with E-state index in [9.17, 15) is 14.7 Å². The highest BCUT2D eigenvalue weighted by atomic mass is 32.2. The summed E-state index contributed by atoms with van der Waals surface area (Å²) >= 11 is 1.70. The Morgan fingerprint density at radius 2 is 2.27 bits per heavy atom. The Morgan fingerprint density at radius 3 is 3.04 bits per heavy atom. The Bertz CT molecular complexity index is 781. The van der Waals surface area contributed by atoms with E-state index in [1.165, 1.54) is 0 Å². The van der Waals surface area contributed by atoms with Gasteiger partial charge in [-0.25, -0.2) is 4.79 Å². The number of aromatic nitrogens is 3. The molecule has 0 radical (unpaired) electrons. The predicted molar refractivity (Wildman–Crippen MR) is 99.2 cm³/mol. The van der Waals surface area contributed by atoms with E-state index >= 15 is 0 Å². The average Bonchev–Trinajstić information content (AvgIpc) is 3.09. The first-order valence-electron chi connectivity index (χ1n) is 8.67. The highest BCUT2D eigenvalue weighted by molar-refractivity contribution is 7.98. The maximum Gasteiger partial charge on any atom is 0.318 e. The van der Waals surface area contributed by atoms with Crippen LogP contribution in [0.15, 0.2) is 24.4 Å². The fraction of sp³-hybridized carbons (Fsp3) is 0.529. The van der Waals surface area contributed by atoms with Gasteiger partial charge in [-0.2, -0.15) is 11.8 Å². The van der Waals surface area contributed by atoms with E-state index in [-0.39, 0.29) is 18.6 Å². The van der Waals surface area contributed by atoms with Crippen LogP contribution in [0.25, 0.3) is 5.65 Å². The third-order valence-electron chi connectivity index (χ3n) is 4.62. The largest absolute Gasteiger partial charge is 0.481 e. The molecule has 2 aromatic rings. The molecule has 2 amide bonds. The number of carbonyl (C=O) groups excluding carboxylic acids is 1. The zero-order valence-corrected chi connectivity index (χ0v) is 15.5. The van der Waals surface area contributed by atoms with Crippen LogP contribution >= 0.6 is 11.8 Å². The van der Waals surface area contributed by atoms with Crippen molar-refractivity contribution in [1.82, 2.24) is 24.8 Å². The first kappa shape index (κ1) is 18.5. The molecule has 9 heteroatoms. The number of carbonyl (C=O) groups is 2. The third-order valence-corrected chi connectivity index (χ3v) is 5.26. The average molecular weight is 377 g/mol. The number of nitrogens with zero attached hydrogens (tertiary/aromatic N) is 4. The monoisotopic (exact) mass is 377 g/mol. The number of rotatable bonds is 6. The predicted octanol–water partition coefficient (Wildman–Crippen LogP) is 2.03. The smallest absolute Gasteiger partial charge is 0.318 e. The lowest BCUT2D eigenvalue weighted by atomic mass is 9.99. The molecule has 2 atom stereocenters. The molecule has 0 bridgehead atoms. The molecule has 1 aliphatic heterocycles. The second kappa shape index (κ2) is 8.39.